The Balaban J connectivity index is 2.28. The predicted molar refractivity (Wildman–Crippen MR) is 84.2 cm³/mol. The van der Waals surface area contributed by atoms with Crippen LogP contribution < -0.4 is 5.32 Å². The van der Waals surface area contributed by atoms with E-state index in [1.54, 1.807) is 22.7 Å². The normalized spacial score (nSPS) is 12.9. The van der Waals surface area contributed by atoms with E-state index in [1.807, 2.05) is 0 Å². The van der Waals surface area contributed by atoms with Crippen LogP contribution >= 0.6 is 54.5 Å². The van der Waals surface area contributed by atoms with Gasteiger partial charge in [-0.3, -0.25) is 0 Å². The number of halogens is 2. The molecule has 0 aliphatic rings. The van der Waals surface area contributed by atoms with Crippen LogP contribution in [0.5, 0.6) is 0 Å². The summed E-state index contributed by atoms with van der Waals surface area (Å²) in [6.07, 6.45) is 1.14. The van der Waals surface area contributed by atoms with Gasteiger partial charge in [0.2, 0.25) is 0 Å². The van der Waals surface area contributed by atoms with Crippen LogP contribution in [0.25, 0.3) is 0 Å². The average molecular weight is 395 g/mol. The third-order valence-corrected chi connectivity index (χ3v) is 5.87. The highest BCUT2D eigenvalue weighted by Gasteiger charge is 2.18. The number of rotatable bonds is 5. The van der Waals surface area contributed by atoms with Crippen molar-refractivity contribution in [3.8, 4) is 0 Å². The SMILES string of the molecule is CCCNC(c1ccc(Br)s1)c1cscc1Br. The molecule has 0 aliphatic heterocycles. The van der Waals surface area contributed by atoms with Crippen LogP contribution in [0.4, 0.5) is 0 Å². The third-order valence-electron chi connectivity index (χ3n) is 2.43. The zero-order valence-corrected chi connectivity index (χ0v) is 14.2. The maximum Gasteiger partial charge on any atom is 0.0702 e. The van der Waals surface area contributed by atoms with Crippen LogP contribution in [0.3, 0.4) is 0 Å². The summed E-state index contributed by atoms with van der Waals surface area (Å²) >= 11 is 10.7. The molecule has 1 N–H and O–H groups in total. The summed E-state index contributed by atoms with van der Waals surface area (Å²) in [5, 5.41) is 7.96. The molecular weight excluding hydrogens is 382 g/mol. The van der Waals surface area contributed by atoms with E-state index in [9.17, 15) is 0 Å². The van der Waals surface area contributed by atoms with E-state index in [1.165, 1.54) is 18.7 Å². The lowest BCUT2D eigenvalue weighted by Crippen LogP contribution is -2.22. The summed E-state index contributed by atoms with van der Waals surface area (Å²) in [7, 11) is 0. The van der Waals surface area contributed by atoms with Gasteiger partial charge in [-0.05, 0) is 67.9 Å². The second kappa shape index (κ2) is 6.48. The highest BCUT2D eigenvalue weighted by molar-refractivity contribution is 9.11. The highest BCUT2D eigenvalue weighted by Crippen LogP contribution is 2.36. The Bertz CT molecular complexity index is 478. The average Bonchev–Trinajstić information content (AvgIpc) is 2.90. The highest BCUT2D eigenvalue weighted by atomic mass is 79.9. The summed E-state index contributed by atoms with van der Waals surface area (Å²) in [4.78, 5) is 1.35. The van der Waals surface area contributed by atoms with Gasteiger partial charge in [0.05, 0.1) is 9.83 Å². The van der Waals surface area contributed by atoms with Crippen molar-refractivity contribution in [2.75, 3.05) is 6.54 Å². The Kier molecular flexibility index (Phi) is 5.24. The quantitative estimate of drug-likeness (QED) is 0.713. The zero-order valence-electron chi connectivity index (χ0n) is 9.37. The van der Waals surface area contributed by atoms with Crippen LogP contribution in [0, 0.1) is 0 Å². The van der Waals surface area contributed by atoms with Crippen molar-refractivity contribution in [2.24, 2.45) is 0 Å². The number of thiophene rings is 2. The Morgan fingerprint density at radius 1 is 1.29 bits per heavy atom. The van der Waals surface area contributed by atoms with Gasteiger partial charge in [0, 0.05) is 14.7 Å². The minimum atomic E-state index is 0.298. The fraction of sp³-hybridized carbons (Fsp3) is 0.333. The lowest BCUT2D eigenvalue weighted by atomic mass is 10.1. The van der Waals surface area contributed by atoms with Gasteiger partial charge < -0.3 is 5.32 Å². The summed E-state index contributed by atoms with van der Waals surface area (Å²) in [5.74, 6) is 0. The fourth-order valence-corrected chi connectivity index (χ4v) is 4.70. The van der Waals surface area contributed by atoms with Gasteiger partial charge in [0.1, 0.15) is 0 Å². The molecule has 0 radical (unpaired) electrons. The van der Waals surface area contributed by atoms with Crippen molar-refractivity contribution >= 4 is 54.5 Å². The van der Waals surface area contributed by atoms with Crippen molar-refractivity contribution in [3.05, 3.63) is 41.6 Å². The molecule has 2 rings (SSSR count). The predicted octanol–water partition coefficient (Wildman–Crippen LogP) is 5.42. The van der Waals surface area contributed by atoms with Crippen molar-refractivity contribution in [1.29, 1.82) is 0 Å². The fourth-order valence-electron chi connectivity index (χ4n) is 1.63. The molecule has 2 aromatic heterocycles. The molecule has 0 fully saturated rings. The van der Waals surface area contributed by atoms with Crippen molar-refractivity contribution < 1.29 is 0 Å². The Morgan fingerprint density at radius 2 is 2.12 bits per heavy atom. The molecule has 2 heterocycles. The first-order chi connectivity index (χ1) is 8.22. The lowest BCUT2D eigenvalue weighted by molar-refractivity contribution is 0.606. The monoisotopic (exact) mass is 393 g/mol. The molecule has 0 spiro atoms. The number of hydrogen-bond acceptors (Lipinski definition) is 3. The number of nitrogens with one attached hydrogen (secondary N) is 1. The molecule has 17 heavy (non-hydrogen) atoms. The molecule has 0 aliphatic carbocycles. The van der Waals surface area contributed by atoms with E-state index in [0.29, 0.717) is 6.04 Å². The topological polar surface area (TPSA) is 12.0 Å². The molecule has 5 heteroatoms. The largest absolute Gasteiger partial charge is 0.306 e. The van der Waals surface area contributed by atoms with Gasteiger partial charge in [-0.25, -0.2) is 0 Å². The first kappa shape index (κ1) is 13.7. The molecule has 0 saturated carbocycles. The van der Waals surface area contributed by atoms with Gasteiger partial charge >= 0.3 is 0 Å². The maximum absolute atomic E-state index is 3.63. The standard InChI is InChI=1S/C12H13Br2NS2/c1-2-5-15-12(8-6-16-7-9(8)13)10-3-4-11(14)17-10/h3-4,6-7,12,15H,2,5H2,1H3. The van der Waals surface area contributed by atoms with Crippen LogP contribution in [-0.4, -0.2) is 6.54 Å². The zero-order chi connectivity index (χ0) is 12.3. The molecule has 0 bridgehead atoms. The lowest BCUT2D eigenvalue weighted by Gasteiger charge is -2.16. The first-order valence-corrected chi connectivity index (χ1v) is 8.77. The Labute approximate surface area is 127 Å². The number of hydrogen-bond donors (Lipinski definition) is 1. The molecule has 0 saturated heterocycles. The van der Waals surface area contributed by atoms with E-state index >= 15 is 0 Å². The van der Waals surface area contributed by atoms with Crippen molar-refractivity contribution in [1.82, 2.24) is 5.32 Å². The molecular formula is C12H13Br2NS2. The van der Waals surface area contributed by atoms with Crippen LogP contribution in [0.15, 0.2) is 31.2 Å². The molecule has 0 amide bonds. The van der Waals surface area contributed by atoms with E-state index in [2.05, 4.69) is 67.0 Å². The van der Waals surface area contributed by atoms with Crippen molar-refractivity contribution in [3.63, 3.8) is 0 Å². The van der Waals surface area contributed by atoms with E-state index in [-0.39, 0.29) is 0 Å². The summed E-state index contributed by atoms with van der Waals surface area (Å²) < 4.78 is 2.38. The van der Waals surface area contributed by atoms with Crippen molar-refractivity contribution in [2.45, 2.75) is 19.4 Å². The molecule has 1 nitrogen and oxygen atoms in total. The smallest absolute Gasteiger partial charge is 0.0702 e. The van der Waals surface area contributed by atoms with Gasteiger partial charge in [-0.1, -0.05) is 6.92 Å². The Hall–Kier alpha value is 0.320. The van der Waals surface area contributed by atoms with Crippen LogP contribution in [-0.2, 0) is 0 Å². The van der Waals surface area contributed by atoms with E-state index < -0.39 is 0 Å². The van der Waals surface area contributed by atoms with Gasteiger partial charge in [0.15, 0.2) is 0 Å². The van der Waals surface area contributed by atoms with Gasteiger partial charge in [0.25, 0.3) is 0 Å². The molecule has 2 aromatic rings. The first-order valence-electron chi connectivity index (χ1n) is 5.42. The summed E-state index contributed by atoms with van der Waals surface area (Å²) in [5.41, 5.74) is 1.33. The van der Waals surface area contributed by atoms with Crippen LogP contribution in [0.1, 0.15) is 29.8 Å². The molecule has 1 atom stereocenters. The van der Waals surface area contributed by atoms with E-state index in [0.717, 1.165) is 13.0 Å². The minimum Gasteiger partial charge on any atom is -0.306 e. The molecule has 1 unspecified atom stereocenters. The molecule has 0 aromatic carbocycles. The summed E-state index contributed by atoms with van der Waals surface area (Å²) in [6, 6.07) is 4.60. The summed E-state index contributed by atoms with van der Waals surface area (Å²) in [6.45, 7) is 3.22. The maximum atomic E-state index is 3.63. The molecule has 92 valence electrons. The van der Waals surface area contributed by atoms with Gasteiger partial charge in [-0.2, -0.15) is 11.3 Å². The minimum absolute atomic E-state index is 0.298. The van der Waals surface area contributed by atoms with Crippen LogP contribution in [0.2, 0.25) is 0 Å². The second-order valence-corrected chi connectivity index (χ2v) is 7.80. The van der Waals surface area contributed by atoms with Gasteiger partial charge in [-0.15, -0.1) is 11.3 Å². The third kappa shape index (κ3) is 3.41. The van der Waals surface area contributed by atoms with E-state index in [4.69, 9.17) is 0 Å². The Morgan fingerprint density at radius 3 is 2.65 bits per heavy atom. The second-order valence-electron chi connectivity index (χ2n) is 3.70.